The summed E-state index contributed by atoms with van der Waals surface area (Å²) in [4.78, 5) is 20.7. The lowest BCUT2D eigenvalue weighted by Gasteiger charge is -2.10. The second-order valence-corrected chi connectivity index (χ2v) is 5.18. The first-order chi connectivity index (χ1) is 10.6. The SMILES string of the molecule is COc1ccc(NC(=O)c2cc(C)nc(SC)n2)cc1OC. The molecule has 6 nitrogen and oxygen atoms in total. The molecule has 0 bridgehead atoms. The molecule has 7 heteroatoms. The number of amides is 1. The zero-order valence-electron chi connectivity index (χ0n) is 12.8. The molecular weight excluding hydrogens is 302 g/mol. The number of hydrogen-bond donors (Lipinski definition) is 1. The van der Waals surface area contributed by atoms with Crippen LogP contribution in [0.15, 0.2) is 29.4 Å². The smallest absolute Gasteiger partial charge is 0.274 e. The molecule has 2 aromatic rings. The second kappa shape index (κ2) is 7.13. The maximum atomic E-state index is 12.3. The van der Waals surface area contributed by atoms with Gasteiger partial charge in [-0.25, -0.2) is 9.97 Å². The van der Waals surface area contributed by atoms with Crippen molar-refractivity contribution < 1.29 is 14.3 Å². The maximum Gasteiger partial charge on any atom is 0.274 e. The molecule has 1 heterocycles. The minimum atomic E-state index is -0.298. The van der Waals surface area contributed by atoms with Crippen LogP contribution in [-0.4, -0.2) is 36.4 Å². The summed E-state index contributed by atoms with van der Waals surface area (Å²) in [5.41, 5.74) is 1.67. The molecule has 0 atom stereocenters. The standard InChI is InChI=1S/C15H17N3O3S/c1-9-7-11(18-15(16-9)22-4)14(19)17-10-5-6-12(20-2)13(8-10)21-3/h5-8H,1-4H3,(H,17,19). The number of benzene rings is 1. The van der Waals surface area contributed by atoms with E-state index in [-0.39, 0.29) is 5.91 Å². The minimum Gasteiger partial charge on any atom is -0.493 e. The van der Waals surface area contributed by atoms with Gasteiger partial charge in [-0.15, -0.1) is 0 Å². The van der Waals surface area contributed by atoms with Crippen molar-refractivity contribution in [1.82, 2.24) is 9.97 Å². The van der Waals surface area contributed by atoms with Gasteiger partial charge in [0.2, 0.25) is 0 Å². The quantitative estimate of drug-likeness (QED) is 0.675. The number of carbonyl (C=O) groups excluding carboxylic acids is 1. The van der Waals surface area contributed by atoms with Crippen molar-refractivity contribution in [2.24, 2.45) is 0 Å². The molecule has 0 fully saturated rings. The van der Waals surface area contributed by atoms with Gasteiger partial charge >= 0.3 is 0 Å². The van der Waals surface area contributed by atoms with E-state index in [1.807, 2.05) is 13.2 Å². The van der Waals surface area contributed by atoms with Crippen LogP contribution in [0.2, 0.25) is 0 Å². The zero-order chi connectivity index (χ0) is 16.1. The minimum absolute atomic E-state index is 0.298. The van der Waals surface area contributed by atoms with Gasteiger partial charge in [0.25, 0.3) is 5.91 Å². The van der Waals surface area contributed by atoms with E-state index in [9.17, 15) is 4.79 Å². The Bertz CT molecular complexity index is 692. The highest BCUT2D eigenvalue weighted by Gasteiger charge is 2.12. The summed E-state index contributed by atoms with van der Waals surface area (Å²) in [7, 11) is 3.10. The first-order valence-corrected chi connectivity index (χ1v) is 7.73. The molecule has 1 aromatic carbocycles. The predicted octanol–water partition coefficient (Wildman–Crippen LogP) is 2.78. The molecule has 116 valence electrons. The summed E-state index contributed by atoms with van der Waals surface area (Å²) in [6, 6.07) is 6.81. The van der Waals surface area contributed by atoms with Gasteiger partial charge in [-0.1, -0.05) is 11.8 Å². The summed E-state index contributed by atoms with van der Waals surface area (Å²) in [5.74, 6) is 0.847. The van der Waals surface area contributed by atoms with Crippen LogP contribution in [-0.2, 0) is 0 Å². The van der Waals surface area contributed by atoms with Crippen molar-refractivity contribution in [3.8, 4) is 11.5 Å². The van der Waals surface area contributed by atoms with E-state index in [0.717, 1.165) is 5.69 Å². The number of anilines is 1. The third kappa shape index (κ3) is 3.67. The lowest BCUT2D eigenvalue weighted by atomic mass is 10.2. The van der Waals surface area contributed by atoms with Crippen LogP contribution in [0, 0.1) is 6.92 Å². The largest absolute Gasteiger partial charge is 0.493 e. The molecule has 0 saturated heterocycles. The van der Waals surface area contributed by atoms with E-state index in [1.165, 1.54) is 11.8 Å². The summed E-state index contributed by atoms with van der Waals surface area (Å²) in [6.45, 7) is 1.83. The van der Waals surface area contributed by atoms with Crippen molar-refractivity contribution in [3.63, 3.8) is 0 Å². The van der Waals surface area contributed by atoms with Crippen LogP contribution in [0.3, 0.4) is 0 Å². The topological polar surface area (TPSA) is 73.3 Å². The van der Waals surface area contributed by atoms with Gasteiger partial charge in [-0.3, -0.25) is 4.79 Å². The summed E-state index contributed by atoms with van der Waals surface area (Å²) < 4.78 is 10.4. The van der Waals surface area contributed by atoms with Crippen molar-refractivity contribution >= 4 is 23.4 Å². The summed E-state index contributed by atoms with van der Waals surface area (Å²) in [6.07, 6.45) is 1.87. The molecule has 0 aliphatic heterocycles. The second-order valence-electron chi connectivity index (χ2n) is 4.41. The van der Waals surface area contributed by atoms with Crippen LogP contribution in [0.4, 0.5) is 5.69 Å². The Morgan fingerprint density at radius 1 is 1.14 bits per heavy atom. The van der Waals surface area contributed by atoms with Gasteiger partial charge in [0.05, 0.1) is 14.2 Å². The van der Waals surface area contributed by atoms with Crippen molar-refractivity contribution in [2.45, 2.75) is 12.1 Å². The molecule has 1 amide bonds. The van der Waals surface area contributed by atoms with Crippen LogP contribution < -0.4 is 14.8 Å². The van der Waals surface area contributed by atoms with E-state index in [0.29, 0.717) is 28.0 Å². The van der Waals surface area contributed by atoms with Crippen molar-refractivity contribution in [2.75, 3.05) is 25.8 Å². The third-order valence-corrected chi connectivity index (χ3v) is 3.44. The first kappa shape index (κ1) is 16.1. The van der Waals surface area contributed by atoms with Gasteiger partial charge in [0, 0.05) is 17.4 Å². The molecule has 0 radical (unpaired) electrons. The summed E-state index contributed by atoms with van der Waals surface area (Å²) >= 11 is 1.39. The molecule has 0 aliphatic rings. The monoisotopic (exact) mass is 319 g/mol. The average Bonchev–Trinajstić information content (AvgIpc) is 2.53. The van der Waals surface area contributed by atoms with Crippen LogP contribution in [0.5, 0.6) is 11.5 Å². The molecule has 1 aromatic heterocycles. The number of nitrogens with zero attached hydrogens (tertiary/aromatic N) is 2. The normalized spacial score (nSPS) is 10.2. The number of thioether (sulfide) groups is 1. The van der Waals surface area contributed by atoms with E-state index >= 15 is 0 Å². The first-order valence-electron chi connectivity index (χ1n) is 6.50. The van der Waals surface area contributed by atoms with Gasteiger partial charge in [0.15, 0.2) is 16.7 Å². The number of rotatable bonds is 5. The zero-order valence-corrected chi connectivity index (χ0v) is 13.7. The van der Waals surface area contributed by atoms with E-state index < -0.39 is 0 Å². The fraction of sp³-hybridized carbons (Fsp3) is 0.267. The molecule has 1 N–H and O–H groups in total. The van der Waals surface area contributed by atoms with Gasteiger partial charge in [-0.05, 0) is 31.4 Å². The van der Waals surface area contributed by atoms with E-state index in [1.54, 1.807) is 38.5 Å². The highest BCUT2D eigenvalue weighted by Crippen LogP contribution is 2.29. The molecule has 0 spiro atoms. The average molecular weight is 319 g/mol. The Hall–Kier alpha value is -2.28. The van der Waals surface area contributed by atoms with Crippen LogP contribution in [0.1, 0.15) is 16.2 Å². The lowest BCUT2D eigenvalue weighted by molar-refractivity contribution is 0.102. The number of hydrogen-bond acceptors (Lipinski definition) is 6. The number of carbonyl (C=O) groups is 1. The van der Waals surface area contributed by atoms with Crippen LogP contribution in [0.25, 0.3) is 0 Å². The maximum absolute atomic E-state index is 12.3. The van der Waals surface area contributed by atoms with Crippen molar-refractivity contribution in [1.29, 1.82) is 0 Å². The third-order valence-electron chi connectivity index (χ3n) is 2.89. The number of methoxy groups -OCH3 is 2. The molecule has 0 aliphatic carbocycles. The van der Waals surface area contributed by atoms with Gasteiger partial charge in [0.1, 0.15) is 5.69 Å². The molecular formula is C15H17N3O3S. The Morgan fingerprint density at radius 2 is 1.86 bits per heavy atom. The molecule has 2 rings (SSSR count). The fourth-order valence-electron chi connectivity index (χ4n) is 1.86. The van der Waals surface area contributed by atoms with E-state index in [4.69, 9.17) is 9.47 Å². The Kier molecular flexibility index (Phi) is 5.21. The number of aromatic nitrogens is 2. The number of aryl methyl sites for hydroxylation is 1. The van der Waals surface area contributed by atoms with Crippen LogP contribution >= 0.6 is 11.8 Å². The Balaban J connectivity index is 2.23. The summed E-state index contributed by atoms with van der Waals surface area (Å²) in [5, 5.41) is 3.36. The van der Waals surface area contributed by atoms with Crippen molar-refractivity contribution in [3.05, 3.63) is 35.7 Å². The van der Waals surface area contributed by atoms with E-state index in [2.05, 4.69) is 15.3 Å². The Morgan fingerprint density at radius 3 is 2.50 bits per heavy atom. The molecule has 0 unspecified atom stereocenters. The molecule has 0 saturated carbocycles. The number of nitrogens with one attached hydrogen (secondary N) is 1. The lowest BCUT2D eigenvalue weighted by Crippen LogP contribution is -2.15. The predicted molar refractivity (Wildman–Crippen MR) is 86.0 cm³/mol. The fourth-order valence-corrected chi connectivity index (χ4v) is 2.28. The highest BCUT2D eigenvalue weighted by atomic mass is 32.2. The van der Waals surface area contributed by atoms with Gasteiger partial charge < -0.3 is 14.8 Å². The van der Waals surface area contributed by atoms with Gasteiger partial charge in [-0.2, -0.15) is 0 Å². The highest BCUT2D eigenvalue weighted by molar-refractivity contribution is 7.98. The number of ether oxygens (including phenoxy) is 2. The molecule has 22 heavy (non-hydrogen) atoms. The Labute approximate surface area is 133 Å².